The fourth-order valence-electron chi connectivity index (χ4n) is 1.01. The fourth-order valence-corrected chi connectivity index (χ4v) is 1.70. The second-order valence-corrected chi connectivity index (χ2v) is 3.34. The van der Waals surface area contributed by atoms with Gasteiger partial charge in [-0.05, 0) is 31.0 Å². The van der Waals surface area contributed by atoms with E-state index in [-0.39, 0.29) is 5.82 Å². The molecular weight excluding hydrogens is 175 g/mol. The molecule has 0 unspecified atom stereocenters. The molecule has 12 heavy (non-hydrogen) atoms. The lowest BCUT2D eigenvalue weighted by Gasteiger charge is -2.13. The van der Waals surface area contributed by atoms with Gasteiger partial charge in [0.2, 0.25) is 0 Å². The molecule has 1 N–H and O–H groups in total. The first-order valence-electron chi connectivity index (χ1n) is 3.54. The summed E-state index contributed by atoms with van der Waals surface area (Å²) in [6.45, 7) is 1.81. The number of aliphatic imine (C=N–C) groups is 1. The highest BCUT2D eigenvalue weighted by Crippen LogP contribution is 2.33. The van der Waals surface area contributed by atoms with Crippen LogP contribution < -0.4 is 4.72 Å². The topological polar surface area (TPSA) is 24.4 Å². The van der Waals surface area contributed by atoms with Gasteiger partial charge in [-0.1, -0.05) is 6.07 Å². The molecule has 0 aromatic heterocycles. The molecule has 0 saturated heterocycles. The summed E-state index contributed by atoms with van der Waals surface area (Å²) in [6, 6.07) is 4.94. The minimum atomic E-state index is -0.263. The quantitative estimate of drug-likeness (QED) is 0.623. The molecule has 0 spiro atoms. The number of rotatable bonds is 0. The highest BCUT2D eigenvalue weighted by molar-refractivity contribution is 7.98. The summed E-state index contributed by atoms with van der Waals surface area (Å²) in [4.78, 5) is 4.89. The van der Waals surface area contributed by atoms with Crippen molar-refractivity contribution in [3.63, 3.8) is 0 Å². The van der Waals surface area contributed by atoms with E-state index >= 15 is 0 Å². The van der Waals surface area contributed by atoms with Gasteiger partial charge >= 0.3 is 0 Å². The Morgan fingerprint density at radius 1 is 1.50 bits per heavy atom. The molecule has 0 radical (unpaired) electrons. The van der Waals surface area contributed by atoms with Gasteiger partial charge in [0.15, 0.2) is 0 Å². The third kappa shape index (κ3) is 1.18. The molecule has 0 atom stereocenters. The predicted molar refractivity (Wildman–Crippen MR) is 48.2 cm³/mol. The summed E-state index contributed by atoms with van der Waals surface area (Å²) in [5.41, 5.74) is 0.443. The molecule has 0 fully saturated rings. The summed E-state index contributed by atoms with van der Waals surface area (Å²) >= 11 is 1.39. The van der Waals surface area contributed by atoms with Crippen molar-refractivity contribution in [3.05, 3.63) is 24.0 Å². The Balaban J connectivity index is 2.59. The molecule has 1 heterocycles. The van der Waals surface area contributed by atoms with Crippen molar-refractivity contribution in [2.45, 2.75) is 11.8 Å². The lowest BCUT2D eigenvalue weighted by molar-refractivity contribution is 0.626. The molecule has 0 aliphatic carbocycles. The van der Waals surface area contributed by atoms with Crippen LogP contribution in [0.4, 0.5) is 10.1 Å². The molecule has 4 heteroatoms. The highest BCUT2D eigenvalue weighted by atomic mass is 32.2. The lowest BCUT2D eigenvalue weighted by atomic mass is 10.3. The van der Waals surface area contributed by atoms with E-state index in [1.807, 2.05) is 13.0 Å². The molecule has 0 amide bonds. The van der Waals surface area contributed by atoms with Gasteiger partial charge in [-0.25, -0.2) is 9.38 Å². The Labute approximate surface area is 74.0 Å². The molecule has 1 aliphatic rings. The number of nitrogens with zero attached hydrogens (tertiary/aromatic N) is 1. The van der Waals surface area contributed by atoms with Crippen LogP contribution in [0, 0.1) is 5.82 Å². The average Bonchev–Trinajstić information content (AvgIpc) is 2.07. The van der Waals surface area contributed by atoms with Gasteiger partial charge in [0.25, 0.3) is 0 Å². The third-order valence-corrected chi connectivity index (χ3v) is 2.48. The SMILES string of the molecule is CC1=Nc2c(F)cccc2SN1. The van der Waals surface area contributed by atoms with Crippen LogP contribution in [-0.2, 0) is 0 Å². The van der Waals surface area contributed by atoms with Gasteiger partial charge in [0.05, 0.1) is 4.90 Å². The van der Waals surface area contributed by atoms with Crippen LogP contribution in [0.25, 0.3) is 0 Å². The van der Waals surface area contributed by atoms with Crippen molar-refractivity contribution in [2.24, 2.45) is 4.99 Å². The second kappa shape index (κ2) is 2.79. The molecule has 0 bridgehead atoms. The number of benzene rings is 1. The first kappa shape index (κ1) is 7.61. The average molecular weight is 182 g/mol. The van der Waals surface area contributed by atoms with E-state index in [0.717, 1.165) is 10.7 Å². The van der Waals surface area contributed by atoms with Crippen molar-refractivity contribution >= 4 is 23.5 Å². The molecule has 1 aliphatic heterocycles. The number of nitrogens with one attached hydrogen (secondary N) is 1. The van der Waals surface area contributed by atoms with Crippen molar-refractivity contribution in [2.75, 3.05) is 0 Å². The maximum Gasteiger partial charge on any atom is 0.150 e. The number of hydrogen-bond acceptors (Lipinski definition) is 3. The first-order valence-corrected chi connectivity index (χ1v) is 4.35. The summed E-state index contributed by atoms with van der Waals surface area (Å²) < 4.78 is 16.1. The first-order chi connectivity index (χ1) is 5.77. The van der Waals surface area contributed by atoms with Crippen LogP contribution in [0.1, 0.15) is 6.92 Å². The molecule has 62 valence electrons. The van der Waals surface area contributed by atoms with E-state index in [4.69, 9.17) is 0 Å². The van der Waals surface area contributed by atoms with Crippen LogP contribution in [0.2, 0.25) is 0 Å². The largest absolute Gasteiger partial charge is 0.314 e. The normalized spacial score (nSPS) is 14.7. The van der Waals surface area contributed by atoms with E-state index in [2.05, 4.69) is 9.71 Å². The van der Waals surface area contributed by atoms with E-state index in [1.54, 1.807) is 6.07 Å². The van der Waals surface area contributed by atoms with Gasteiger partial charge in [0.1, 0.15) is 17.3 Å². The van der Waals surface area contributed by atoms with Gasteiger partial charge in [0, 0.05) is 0 Å². The second-order valence-electron chi connectivity index (χ2n) is 2.49. The molecular formula is C8H7FN2S. The molecule has 1 aromatic carbocycles. The predicted octanol–water partition coefficient (Wildman–Crippen LogP) is 2.49. The number of halogens is 1. The maximum absolute atomic E-state index is 13.1. The van der Waals surface area contributed by atoms with Gasteiger partial charge in [-0.2, -0.15) is 0 Å². The Morgan fingerprint density at radius 3 is 3.17 bits per heavy atom. The summed E-state index contributed by atoms with van der Waals surface area (Å²) in [5.74, 6) is 0.471. The fraction of sp³-hybridized carbons (Fsp3) is 0.125. The summed E-state index contributed by atoms with van der Waals surface area (Å²) in [6.07, 6.45) is 0. The Bertz CT molecular complexity index is 349. The van der Waals surface area contributed by atoms with Crippen molar-refractivity contribution in [1.82, 2.24) is 4.72 Å². The van der Waals surface area contributed by atoms with Crippen molar-refractivity contribution in [1.29, 1.82) is 0 Å². The van der Waals surface area contributed by atoms with Crippen LogP contribution in [0.3, 0.4) is 0 Å². The smallest absolute Gasteiger partial charge is 0.150 e. The number of fused-ring (bicyclic) bond motifs is 1. The van der Waals surface area contributed by atoms with Gasteiger partial charge in [-0.3, -0.25) is 0 Å². The van der Waals surface area contributed by atoms with Crippen LogP contribution in [0.15, 0.2) is 28.1 Å². The Kier molecular flexibility index (Phi) is 1.77. The lowest BCUT2D eigenvalue weighted by Crippen LogP contribution is -2.14. The highest BCUT2D eigenvalue weighted by Gasteiger charge is 2.12. The maximum atomic E-state index is 13.1. The molecule has 1 aromatic rings. The number of para-hydroxylation sites is 1. The van der Waals surface area contributed by atoms with Crippen LogP contribution in [-0.4, -0.2) is 5.84 Å². The standard InChI is InChI=1S/C8H7FN2S/c1-5-10-8-6(9)3-2-4-7(8)12-11-5/h2-4H,1H3,(H,10,11). The van der Waals surface area contributed by atoms with E-state index in [0.29, 0.717) is 5.69 Å². The summed E-state index contributed by atoms with van der Waals surface area (Å²) in [7, 11) is 0. The third-order valence-electron chi connectivity index (χ3n) is 1.54. The Hall–Kier alpha value is -1.03. The van der Waals surface area contributed by atoms with Gasteiger partial charge in [-0.15, -0.1) is 0 Å². The molecule has 0 saturated carbocycles. The van der Waals surface area contributed by atoms with E-state index in [1.165, 1.54) is 18.0 Å². The summed E-state index contributed by atoms with van der Waals surface area (Å²) in [5, 5.41) is 0. The minimum Gasteiger partial charge on any atom is -0.314 e. The van der Waals surface area contributed by atoms with Crippen molar-refractivity contribution < 1.29 is 4.39 Å². The van der Waals surface area contributed by atoms with Crippen LogP contribution in [0.5, 0.6) is 0 Å². The van der Waals surface area contributed by atoms with Crippen LogP contribution >= 0.6 is 11.9 Å². The van der Waals surface area contributed by atoms with E-state index < -0.39 is 0 Å². The molecule has 2 nitrogen and oxygen atoms in total. The zero-order valence-corrected chi connectivity index (χ0v) is 7.28. The molecule has 2 rings (SSSR count). The number of hydrogen-bond donors (Lipinski definition) is 1. The monoisotopic (exact) mass is 182 g/mol. The Morgan fingerprint density at radius 2 is 2.33 bits per heavy atom. The number of amidine groups is 1. The van der Waals surface area contributed by atoms with Crippen molar-refractivity contribution in [3.8, 4) is 0 Å². The zero-order valence-electron chi connectivity index (χ0n) is 6.47. The zero-order chi connectivity index (χ0) is 8.55. The minimum absolute atomic E-state index is 0.263. The van der Waals surface area contributed by atoms with Gasteiger partial charge < -0.3 is 4.72 Å². The van der Waals surface area contributed by atoms with E-state index in [9.17, 15) is 4.39 Å².